The molecule has 1 aliphatic heterocycles. The van der Waals surface area contributed by atoms with E-state index in [1.54, 1.807) is 0 Å². The molecule has 0 aliphatic carbocycles. The number of amidine groups is 1. The minimum absolute atomic E-state index is 0. The van der Waals surface area contributed by atoms with Crippen molar-refractivity contribution < 1.29 is 0 Å². The lowest BCUT2D eigenvalue weighted by Crippen LogP contribution is -2.40. The van der Waals surface area contributed by atoms with E-state index in [4.69, 9.17) is 5.73 Å². The van der Waals surface area contributed by atoms with E-state index in [2.05, 4.69) is 36.0 Å². The van der Waals surface area contributed by atoms with Crippen LogP contribution in [0.3, 0.4) is 0 Å². The van der Waals surface area contributed by atoms with Crippen molar-refractivity contribution >= 4 is 18.2 Å². The normalized spacial score (nSPS) is 18.5. The van der Waals surface area contributed by atoms with Crippen LogP contribution in [0.25, 0.3) is 0 Å². The molecule has 0 fully saturated rings. The van der Waals surface area contributed by atoms with Crippen LogP contribution in [0.15, 0.2) is 15.2 Å². The number of hydrogen-bond donors (Lipinski definition) is 1. The summed E-state index contributed by atoms with van der Waals surface area (Å²) in [5.74, 6) is 0.678. The summed E-state index contributed by atoms with van der Waals surface area (Å²) in [5.41, 5.74) is 5.89. The quantitative estimate of drug-likeness (QED) is 0.671. The highest BCUT2D eigenvalue weighted by Gasteiger charge is 2.26. The summed E-state index contributed by atoms with van der Waals surface area (Å²) >= 11 is 0. The Kier molecular flexibility index (Phi) is 3.80. The molecule has 0 amide bonds. The molecule has 1 heterocycles. The Labute approximate surface area is 78.8 Å². The van der Waals surface area contributed by atoms with Gasteiger partial charge < -0.3 is 5.73 Å². The Morgan fingerprint density at radius 3 is 2.33 bits per heavy atom. The van der Waals surface area contributed by atoms with Gasteiger partial charge in [-0.05, 0) is 5.41 Å². The molecule has 0 unspecified atom stereocenters. The van der Waals surface area contributed by atoms with Crippen molar-refractivity contribution in [3.05, 3.63) is 0 Å². The Balaban J connectivity index is 0.00000121. The maximum Gasteiger partial charge on any atom is 0.165 e. The first-order valence-electron chi connectivity index (χ1n) is 3.69. The molecule has 5 heteroatoms. The van der Waals surface area contributed by atoms with E-state index >= 15 is 0 Å². The van der Waals surface area contributed by atoms with Gasteiger partial charge in [-0.2, -0.15) is 5.11 Å². The Morgan fingerprint density at radius 1 is 1.42 bits per heavy atom. The molecule has 12 heavy (non-hydrogen) atoms. The van der Waals surface area contributed by atoms with E-state index in [9.17, 15) is 0 Å². The lowest BCUT2D eigenvalue weighted by molar-refractivity contribution is 0.380. The van der Waals surface area contributed by atoms with E-state index < -0.39 is 0 Å². The summed E-state index contributed by atoms with van der Waals surface area (Å²) in [6, 6.07) is -0.103. The van der Waals surface area contributed by atoms with Crippen molar-refractivity contribution in [1.29, 1.82) is 0 Å². The lowest BCUT2D eigenvalue weighted by Gasteiger charge is -2.24. The van der Waals surface area contributed by atoms with E-state index in [-0.39, 0.29) is 23.9 Å². The monoisotopic (exact) mass is 190 g/mol. The average molecular weight is 191 g/mol. The van der Waals surface area contributed by atoms with E-state index in [0.29, 0.717) is 12.5 Å². The molecule has 0 aromatic carbocycles. The van der Waals surface area contributed by atoms with Crippen LogP contribution in [-0.2, 0) is 0 Å². The molecular weight excluding hydrogens is 176 g/mol. The maximum atomic E-state index is 5.87. The Bertz CT molecular complexity index is 204. The fourth-order valence-corrected chi connectivity index (χ4v) is 0.788. The maximum absolute atomic E-state index is 5.87. The van der Waals surface area contributed by atoms with Gasteiger partial charge in [-0.25, -0.2) is 4.99 Å². The number of rotatable bonds is 1. The van der Waals surface area contributed by atoms with E-state index in [0.717, 1.165) is 0 Å². The second-order valence-corrected chi connectivity index (χ2v) is 3.74. The highest BCUT2D eigenvalue weighted by Crippen LogP contribution is 2.20. The molecule has 70 valence electrons. The number of halogens is 1. The minimum Gasteiger partial charge on any atom is -0.321 e. The van der Waals surface area contributed by atoms with Crippen molar-refractivity contribution in [2.75, 3.05) is 6.67 Å². The van der Waals surface area contributed by atoms with Crippen LogP contribution in [0.4, 0.5) is 0 Å². The van der Waals surface area contributed by atoms with Gasteiger partial charge in [0.05, 0.1) is 6.04 Å². The Hall–Kier alpha value is -0.480. The zero-order valence-electron chi connectivity index (χ0n) is 7.61. The summed E-state index contributed by atoms with van der Waals surface area (Å²) in [7, 11) is 0. The fraction of sp³-hybridized carbons (Fsp3) is 0.857. The van der Waals surface area contributed by atoms with Crippen molar-refractivity contribution in [2.45, 2.75) is 26.8 Å². The molecule has 1 atom stereocenters. The highest BCUT2D eigenvalue weighted by molar-refractivity contribution is 5.89. The van der Waals surface area contributed by atoms with Gasteiger partial charge in [0.15, 0.2) is 12.5 Å². The molecule has 1 aliphatic rings. The standard InChI is InChI=1S/C7H14N4.ClH/c1-7(2,3)5(8)6-9-4-10-11-6;/h5H,4,8H2,1-3H3;1H/t5-;/m1./s1. The second-order valence-electron chi connectivity index (χ2n) is 3.74. The molecule has 0 bridgehead atoms. The summed E-state index contributed by atoms with van der Waals surface area (Å²) in [6.07, 6.45) is 0. The molecule has 0 radical (unpaired) electrons. The van der Waals surface area contributed by atoms with Gasteiger partial charge in [-0.1, -0.05) is 20.8 Å². The van der Waals surface area contributed by atoms with E-state index in [1.807, 2.05) is 0 Å². The molecule has 0 spiro atoms. The highest BCUT2D eigenvalue weighted by atomic mass is 35.5. The van der Waals surface area contributed by atoms with Crippen molar-refractivity contribution in [2.24, 2.45) is 26.4 Å². The SMILES string of the molecule is CC(C)(C)[C@H](N)C1=NCN=N1.Cl. The third-order valence-electron chi connectivity index (χ3n) is 1.68. The molecule has 4 nitrogen and oxygen atoms in total. The van der Waals surface area contributed by atoms with Crippen LogP contribution in [0.5, 0.6) is 0 Å². The molecule has 1 rings (SSSR count). The van der Waals surface area contributed by atoms with Crippen LogP contribution >= 0.6 is 12.4 Å². The number of aliphatic imine (C=N–C) groups is 1. The third kappa shape index (κ3) is 2.53. The average Bonchev–Trinajstić information content (AvgIpc) is 2.34. The minimum atomic E-state index is -0.103. The van der Waals surface area contributed by atoms with Crippen LogP contribution in [0.1, 0.15) is 20.8 Å². The third-order valence-corrected chi connectivity index (χ3v) is 1.68. The van der Waals surface area contributed by atoms with Crippen LogP contribution < -0.4 is 5.73 Å². The molecular formula is C7H15ClN4. The zero-order chi connectivity index (χ0) is 8.48. The van der Waals surface area contributed by atoms with Gasteiger partial charge in [-0.15, -0.1) is 17.5 Å². The molecule has 0 saturated heterocycles. The van der Waals surface area contributed by atoms with Crippen molar-refractivity contribution in [3.8, 4) is 0 Å². The summed E-state index contributed by atoms with van der Waals surface area (Å²) in [4.78, 5) is 4.06. The van der Waals surface area contributed by atoms with Crippen LogP contribution in [0.2, 0.25) is 0 Å². The van der Waals surface area contributed by atoms with Crippen LogP contribution in [0, 0.1) is 5.41 Å². The first-order chi connectivity index (χ1) is 5.02. The van der Waals surface area contributed by atoms with Gasteiger partial charge in [0.25, 0.3) is 0 Å². The van der Waals surface area contributed by atoms with Gasteiger partial charge in [-0.3, -0.25) is 0 Å². The van der Waals surface area contributed by atoms with Crippen molar-refractivity contribution in [3.63, 3.8) is 0 Å². The first-order valence-corrected chi connectivity index (χ1v) is 3.69. The number of nitrogens with zero attached hydrogens (tertiary/aromatic N) is 3. The lowest BCUT2D eigenvalue weighted by atomic mass is 9.87. The number of hydrogen-bond acceptors (Lipinski definition) is 4. The predicted molar refractivity (Wildman–Crippen MR) is 51.8 cm³/mol. The first kappa shape index (κ1) is 11.5. The molecule has 2 N–H and O–H groups in total. The number of nitrogens with two attached hydrogens (primary N) is 1. The molecule has 0 saturated carbocycles. The van der Waals surface area contributed by atoms with Gasteiger partial charge in [0.1, 0.15) is 0 Å². The zero-order valence-corrected chi connectivity index (χ0v) is 8.43. The topological polar surface area (TPSA) is 63.1 Å². The largest absolute Gasteiger partial charge is 0.321 e. The second kappa shape index (κ2) is 3.96. The van der Waals surface area contributed by atoms with Gasteiger partial charge in [0.2, 0.25) is 0 Å². The fourth-order valence-electron chi connectivity index (χ4n) is 0.788. The summed E-state index contributed by atoms with van der Waals surface area (Å²) < 4.78 is 0. The molecule has 0 aromatic heterocycles. The molecule has 0 aromatic rings. The van der Waals surface area contributed by atoms with Crippen LogP contribution in [-0.4, -0.2) is 18.5 Å². The smallest absolute Gasteiger partial charge is 0.165 e. The van der Waals surface area contributed by atoms with Crippen molar-refractivity contribution in [1.82, 2.24) is 0 Å². The summed E-state index contributed by atoms with van der Waals surface area (Å²) in [5, 5.41) is 7.59. The summed E-state index contributed by atoms with van der Waals surface area (Å²) in [6.45, 7) is 6.63. The predicted octanol–water partition coefficient (Wildman–Crippen LogP) is 1.60. The van der Waals surface area contributed by atoms with Gasteiger partial charge in [0, 0.05) is 0 Å². The van der Waals surface area contributed by atoms with Gasteiger partial charge >= 0.3 is 0 Å². The number of azo groups is 1. The van der Waals surface area contributed by atoms with E-state index in [1.165, 1.54) is 0 Å². The Morgan fingerprint density at radius 2 is 2.00 bits per heavy atom.